The fourth-order valence-corrected chi connectivity index (χ4v) is 3.19. The molecule has 0 spiro atoms. The van der Waals surface area contributed by atoms with Crippen molar-refractivity contribution in [1.29, 1.82) is 0 Å². The maximum atomic E-state index is 12.5. The Morgan fingerprint density at radius 1 is 1.20 bits per heavy atom. The van der Waals surface area contributed by atoms with Crippen LogP contribution in [-0.4, -0.2) is 54.2 Å². The van der Waals surface area contributed by atoms with Crippen LogP contribution in [-0.2, 0) is 9.59 Å². The predicted octanol–water partition coefficient (Wildman–Crippen LogP) is 1.97. The number of carbonyl (C=O) groups excluding carboxylic acids is 1. The fourth-order valence-electron chi connectivity index (χ4n) is 3.19. The molecule has 0 saturated carbocycles. The summed E-state index contributed by atoms with van der Waals surface area (Å²) in [6, 6.07) is 5.07. The standard InChI is InChI=1S/C18H24N2O5/c1-12(20-7-5-13(6-8-20)18(22)23)17(21)19-14-3-4-15-16(11-14)25-10-2-9-24-15/h3-4,11-13H,2,5-10H2,1H3,(H,19,21)(H,22,23). The number of aliphatic carboxylic acids is 1. The van der Waals surface area contributed by atoms with E-state index < -0.39 is 5.97 Å². The van der Waals surface area contributed by atoms with E-state index in [1.54, 1.807) is 18.2 Å². The van der Waals surface area contributed by atoms with Crippen LogP contribution >= 0.6 is 0 Å². The zero-order valence-corrected chi connectivity index (χ0v) is 14.4. The number of benzene rings is 1. The van der Waals surface area contributed by atoms with Gasteiger partial charge in [-0.1, -0.05) is 0 Å². The van der Waals surface area contributed by atoms with Crippen LogP contribution < -0.4 is 14.8 Å². The van der Waals surface area contributed by atoms with Crippen molar-refractivity contribution in [3.05, 3.63) is 18.2 Å². The third-order valence-corrected chi connectivity index (χ3v) is 4.82. The highest BCUT2D eigenvalue weighted by Crippen LogP contribution is 2.32. The van der Waals surface area contributed by atoms with E-state index in [0.29, 0.717) is 56.3 Å². The van der Waals surface area contributed by atoms with Crippen LogP contribution in [0.15, 0.2) is 18.2 Å². The molecule has 1 saturated heterocycles. The number of carbonyl (C=O) groups is 2. The van der Waals surface area contributed by atoms with Gasteiger partial charge in [0.2, 0.25) is 5.91 Å². The smallest absolute Gasteiger partial charge is 0.306 e. The molecule has 0 radical (unpaired) electrons. The second-order valence-electron chi connectivity index (χ2n) is 6.53. The van der Waals surface area contributed by atoms with Gasteiger partial charge in [-0.2, -0.15) is 0 Å². The summed E-state index contributed by atoms with van der Waals surface area (Å²) in [4.78, 5) is 25.6. The molecule has 1 aromatic rings. The van der Waals surface area contributed by atoms with E-state index in [1.807, 2.05) is 11.8 Å². The lowest BCUT2D eigenvalue weighted by Crippen LogP contribution is -2.46. The first-order valence-electron chi connectivity index (χ1n) is 8.72. The lowest BCUT2D eigenvalue weighted by Gasteiger charge is -2.33. The molecule has 1 amide bonds. The van der Waals surface area contributed by atoms with Crippen LogP contribution in [0.2, 0.25) is 0 Å². The largest absolute Gasteiger partial charge is 0.490 e. The number of likely N-dealkylation sites (tertiary alicyclic amines) is 1. The molecule has 2 heterocycles. The average molecular weight is 348 g/mol. The number of hydrogen-bond donors (Lipinski definition) is 2. The Morgan fingerprint density at radius 3 is 2.56 bits per heavy atom. The van der Waals surface area contributed by atoms with Gasteiger partial charge in [-0.3, -0.25) is 14.5 Å². The molecule has 2 aliphatic rings. The zero-order valence-electron chi connectivity index (χ0n) is 14.4. The molecule has 7 heteroatoms. The van der Waals surface area contributed by atoms with Crippen molar-refractivity contribution in [3.63, 3.8) is 0 Å². The molecule has 1 fully saturated rings. The third-order valence-electron chi connectivity index (χ3n) is 4.82. The number of nitrogens with one attached hydrogen (secondary N) is 1. The number of ether oxygens (including phenoxy) is 2. The first kappa shape index (κ1) is 17.5. The van der Waals surface area contributed by atoms with Gasteiger partial charge in [-0.05, 0) is 45.0 Å². The molecule has 2 aliphatic heterocycles. The predicted molar refractivity (Wildman–Crippen MR) is 92.1 cm³/mol. The molecule has 0 aromatic heterocycles. The Bertz CT molecular complexity index is 640. The van der Waals surface area contributed by atoms with E-state index in [4.69, 9.17) is 14.6 Å². The van der Waals surface area contributed by atoms with Crippen LogP contribution in [0, 0.1) is 5.92 Å². The molecule has 3 rings (SSSR count). The summed E-state index contributed by atoms with van der Waals surface area (Å²) in [5, 5.41) is 12.0. The number of piperidine rings is 1. The maximum absolute atomic E-state index is 12.5. The second kappa shape index (κ2) is 7.74. The van der Waals surface area contributed by atoms with Gasteiger partial charge in [0.15, 0.2) is 11.5 Å². The lowest BCUT2D eigenvalue weighted by molar-refractivity contribution is -0.143. The minimum absolute atomic E-state index is 0.108. The van der Waals surface area contributed by atoms with Crippen molar-refractivity contribution < 1.29 is 24.2 Å². The summed E-state index contributed by atoms with van der Waals surface area (Å²) in [7, 11) is 0. The third kappa shape index (κ3) is 4.22. The van der Waals surface area contributed by atoms with Gasteiger partial charge in [0, 0.05) is 18.2 Å². The summed E-state index contributed by atoms with van der Waals surface area (Å²) in [5.74, 6) is 0.185. The summed E-state index contributed by atoms with van der Waals surface area (Å²) >= 11 is 0. The van der Waals surface area contributed by atoms with Gasteiger partial charge < -0.3 is 19.9 Å². The Labute approximate surface area is 146 Å². The SMILES string of the molecule is CC(C(=O)Nc1ccc2c(c1)OCCCO2)N1CCC(C(=O)O)CC1. The van der Waals surface area contributed by atoms with E-state index in [9.17, 15) is 9.59 Å². The fraction of sp³-hybridized carbons (Fsp3) is 0.556. The highest BCUT2D eigenvalue weighted by atomic mass is 16.5. The molecule has 1 aromatic carbocycles. The average Bonchev–Trinajstić information content (AvgIpc) is 2.86. The molecule has 0 bridgehead atoms. The minimum Gasteiger partial charge on any atom is -0.490 e. The van der Waals surface area contributed by atoms with Crippen molar-refractivity contribution in [2.45, 2.75) is 32.2 Å². The highest BCUT2D eigenvalue weighted by Gasteiger charge is 2.29. The van der Waals surface area contributed by atoms with Crippen molar-refractivity contribution in [3.8, 4) is 11.5 Å². The molecule has 136 valence electrons. The van der Waals surface area contributed by atoms with Crippen molar-refractivity contribution >= 4 is 17.6 Å². The van der Waals surface area contributed by atoms with Gasteiger partial charge in [-0.25, -0.2) is 0 Å². The topological polar surface area (TPSA) is 88.1 Å². The minimum atomic E-state index is -0.746. The monoisotopic (exact) mass is 348 g/mol. The lowest BCUT2D eigenvalue weighted by atomic mass is 9.96. The van der Waals surface area contributed by atoms with Gasteiger partial charge in [-0.15, -0.1) is 0 Å². The number of fused-ring (bicyclic) bond motifs is 1. The van der Waals surface area contributed by atoms with Gasteiger partial charge in [0.1, 0.15) is 0 Å². The van der Waals surface area contributed by atoms with Gasteiger partial charge >= 0.3 is 5.97 Å². The van der Waals surface area contributed by atoms with Crippen LogP contribution in [0.4, 0.5) is 5.69 Å². The van der Waals surface area contributed by atoms with E-state index in [0.717, 1.165) is 6.42 Å². The Kier molecular flexibility index (Phi) is 5.43. The number of nitrogens with zero attached hydrogens (tertiary/aromatic N) is 1. The summed E-state index contributed by atoms with van der Waals surface area (Å²) < 4.78 is 11.2. The van der Waals surface area contributed by atoms with Gasteiger partial charge in [0.05, 0.1) is 25.2 Å². The van der Waals surface area contributed by atoms with Crippen LogP contribution in [0.3, 0.4) is 0 Å². The molecule has 7 nitrogen and oxygen atoms in total. The number of carboxylic acids is 1. The second-order valence-corrected chi connectivity index (χ2v) is 6.53. The number of amides is 1. The molecule has 25 heavy (non-hydrogen) atoms. The highest BCUT2D eigenvalue weighted by molar-refractivity contribution is 5.94. The number of anilines is 1. The van der Waals surface area contributed by atoms with Crippen molar-refractivity contribution in [2.24, 2.45) is 5.92 Å². The van der Waals surface area contributed by atoms with Crippen LogP contribution in [0.25, 0.3) is 0 Å². The number of carboxylic acid groups (broad SMARTS) is 1. The Hall–Kier alpha value is -2.28. The first-order chi connectivity index (χ1) is 12.0. The van der Waals surface area contributed by atoms with E-state index in [-0.39, 0.29) is 17.9 Å². The molecule has 1 atom stereocenters. The van der Waals surface area contributed by atoms with Crippen LogP contribution in [0.1, 0.15) is 26.2 Å². The van der Waals surface area contributed by atoms with Crippen molar-refractivity contribution in [2.75, 3.05) is 31.6 Å². The van der Waals surface area contributed by atoms with E-state index >= 15 is 0 Å². The summed E-state index contributed by atoms with van der Waals surface area (Å²) in [5.41, 5.74) is 0.668. The molecule has 2 N–H and O–H groups in total. The van der Waals surface area contributed by atoms with E-state index in [2.05, 4.69) is 5.32 Å². The van der Waals surface area contributed by atoms with Crippen molar-refractivity contribution in [1.82, 2.24) is 4.90 Å². The normalized spacial score (nSPS) is 19.7. The quantitative estimate of drug-likeness (QED) is 0.865. The van der Waals surface area contributed by atoms with E-state index in [1.165, 1.54) is 0 Å². The summed E-state index contributed by atoms with van der Waals surface area (Å²) in [6.45, 7) is 4.31. The maximum Gasteiger partial charge on any atom is 0.306 e. The number of rotatable bonds is 4. The summed E-state index contributed by atoms with van der Waals surface area (Å²) in [6.07, 6.45) is 1.99. The Morgan fingerprint density at radius 2 is 1.88 bits per heavy atom. The zero-order chi connectivity index (χ0) is 17.8. The number of hydrogen-bond acceptors (Lipinski definition) is 5. The molecular weight excluding hydrogens is 324 g/mol. The molecular formula is C18H24N2O5. The molecule has 1 unspecified atom stereocenters. The molecule has 0 aliphatic carbocycles. The Balaban J connectivity index is 1.58. The first-order valence-corrected chi connectivity index (χ1v) is 8.72. The van der Waals surface area contributed by atoms with Crippen LogP contribution in [0.5, 0.6) is 11.5 Å². The van der Waals surface area contributed by atoms with Gasteiger partial charge in [0.25, 0.3) is 0 Å².